The van der Waals surface area contributed by atoms with E-state index < -0.39 is 21.7 Å². The zero-order valence-electron chi connectivity index (χ0n) is 35.7. The van der Waals surface area contributed by atoms with Gasteiger partial charge in [-0.3, -0.25) is 9.59 Å². The van der Waals surface area contributed by atoms with Crippen molar-refractivity contribution in [3.63, 3.8) is 0 Å². The van der Waals surface area contributed by atoms with Crippen molar-refractivity contribution < 1.29 is 9.59 Å². The van der Waals surface area contributed by atoms with Gasteiger partial charge in [0.1, 0.15) is 11.4 Å². The van der Waals surface area contributed by atoms with Crippen molar-refractivity contribution in [2.45, 2.75) is 96.9 Å². The highest BCUT2D eigenvalue weighted by molar-refractivity contribution is 6.13. The highest BCUT2D eigenvalue weighted by Crippen LogP contribution is 2.43. The summed E-state index contributed by atoms with van der Waals surface area (Å²) in [4.78, 5) is 33.3. The first kappa shape index (κ1) is 41.7. The van der Waals surface area contributed by atoms with Crippen LogP contribution in [0, 0.1) is 35.5 Å². The Morgan fingerprint density at radius 3 is 1.04 bits per heavy atom. The second-order valence-electron chi connectivity index (χ2n) is 18.9. The minimum Gasteiger partial charge on any atom is -0.289 e. The molecule has 0 fully saturated rings. The number of carbonyl (C=O) groups excluding carboxylic acids is 2. The van der Waals surface area contributed by atoms with Gasteiger partial charge in [-0.05, 0) is 95.2 Å². The van der Waals surface area contributed by atoms with E-state index in [4.69, 9.17) is 25.4 Å². The smallest absolute Gasteiger partial charge is 0.186 e. The SMILES string of the molecule is Cc1ccccc1N=NC(=C1C=C(C(C)(C)C)C(=O)C(C(C)(C)C)=C1)c1cccc(C(N=Nc2ccccc2C)=C2C=C(C(C)(C)C)C(=O)C(C(C)(C)C)=C2)n1. The summed E-state index contributed by atoms with van der Waals surface area (Å²) in [5.74, 6) is 0.0630. The first-order chi connectivity index (χ1) is 26.0. The molecule has 0 N–H and O–H groups in total. The lowest BCUT2D eigenvalue weighted by atomic mass is 9.71. The number of azo groups is 2. The average molecular weight is 748 g/mol. The fourth-order valence-electron chi connectivity index (χ4n) is 6.53. The van der Waals surface area contributed by atoms with E-state index in [2.05, 4.69) is 83.1 Å². The summed E-state index contributed by atoms with van der Waals surface area (Å²) in [6.45, 7) is 28.7. The van der Waals surface area contributed by atoms with Crippen LogP contribution in [0.25, 0.3) is 11.4 Å². The number of aryl methyl sites for hydroxylation is 2. The predicted molar refractivity (Wildman–Crippen MR) is 230 cm³/mol. The second-order valence-corrected chi connectivity index (χ2v) is 18.9. The van der Waals surface area contributed by atoms with E-state index in [-0.39, 0.29) is 11.6 Å². The van der Waals surface area contributed by atoms with Crippen LogP contribution in [0.1, 0.15) is 106 Å². The topological polar surface area (TPSA) is 96.5 Å². The molecule has 0 saturated carbocycles. The number of ketones is 2. The van der Waals surface area contributed by atoms with Crippen molar-refractivity contribution >= 4 is 34.3 Å². The monoisotopic (exact) mass is 747 g/mol. The number of Topliss-reactive ketones (excluding diaryl/α,β-unsaturated/α-hetero) is 2. The van der Waals surface area contributed by atoms with E-state index in [1.807, 2.05) is 105 Å². The molecule has 1 aromatic heterocycles. The number of hydrogen-bond donors (Lipinski definition) is 0. The van der Waals surface area contributed by atoms with Crippen LogP contribution in [0.4, 0.5) is 11.4 Å². The van der Waals surface area contributed by atoms with Gasteiger partial charge in [0.2, 0.25) is 0 Å². The maximum atomic E-state index is 14.0. The lowest BCUT2D eigenvalue weighted by molar-refractivity contribution is -0.114. The van der Waals surface area contributed by atoms with Gasteiger partial charge in [-0.25, -0.2) is 4.98 Å². The number of allylic oxidation sites excluding steroid dienone is 10. The van der Waals surface area contributed by atoms with Crippen molar-refractivity contribution in [3.05, 3.63) is 147 Å². The Morgan fingerprint density at radius 2 is 0.750 bits per heavy atom. The average Bonchev–Trinajstić information content (AvgIpc) is 3.09. The van der Waals surface area contributed by atoms with Crippen molar-refractivity contribution in [2.24, 2.45) is 42.1 Å². The third kappa shape index (κ3) is 9.32. The quantitative estimate of drug-likeness (QED) is 0.235. The van der Waals surface area contributed by atoms with E-state index >= 15 is 0 Å². The van der Waals surface area contributed by atoms with E-state index in [0.29, 0.717) is 45.1 Å². The van der Waals surface area contributed by atoms with Gasteiger partial charge in [-0.15, -0.1) is 10.2 Å². The summed E-state index contributed by atoms with van der Waals surface area (Å²) in [7, 11) is 0. The number of nitrogens with zero attached hydrogens (tertiary/aromatic N) is 5. The van der Waals surface area contributed by atoms with Crippen molar-refractivity contribution in [2.75, 3.05) is 0 Å². The van der Waals surface area contributed by atoms with E-state index in [1.165, 1.54) is 0 Å². The summed E-state index contributed by atoms with van der Waals surface area (Å²) >= 11 is 0. The first-order valence-corrected chi connectivity index (χ1v) is 19.4. The first-order valence-electron chi connectivity index (χ1n) is 19.4. The predicted octanol–water partition coefficient (Wildman–Crippen LogP) is 13.7. The molecule has 7 nitrogen and oxygen atoms in total. The normalized spacial score (nSPS) is 16.0. The molecule has 0 saturated heterocycles. The van der Waals surface area contributed by atoms with Gasteiger partial charge in [-0.1, -0.05) is 126 Å². The number of benzene rings is 2. The summed E-state index contributed by atoms with van der Waals surface area (Å²) in [6, 6.07) is 21.4. The fourth-order valence-corrected chi connectivity index (χ4v) is 6.53. The molecule has 0 bridgehead atoms. The second kappa shape index (κ2) is 15.6. The molecular formula is C49H57N5O2. The van der Waals surface area contributed by atoms with Gasteiger partial charge >= 0.3 is 0 Å². The summed E-state index contributed by atoms with van der Waals surface area (Å²) < 4.78 is 0. The molecule has 290 valence electrons. The minimum absolute atomic E-state index is 0.0315. The number of hydrogen-bond acceptors (Lipinski definition) is 7. The Labute approximate surface area is 334 Å². The van der Waals surface area contributed by atoms with Gasteiger partial charge in [0.15, 0.2) is 11.6 Å². The molecule has 3 aromatic rings. The maximum Gasteiger partial charge on any atom is 0.186 e. The largest absolute Gasteiger partial charge is 0.289 e. The molecule has 2 aliphatic rings. The number of carbonyl (C=O) groups is 2. The van der Waals surface area contributed by atoms with Crippen molar-refractivity contribution in [3.8, 4) is 0 Å². The molecule has 0 atom stereocenters. The van der Waals surface area contributed by atoms with Gasteiger partial charge in [0.25, 0.3) is 0 Å². The van der Waals surface area contributed by atoms with Crippen LogP contribution < -0.4 is 0 Å². The van der Waals surface area contributed by atoms with Crippen molar-refractivity contribution in [1.29, 1.82) is 0 Å². The molecule has 2 aliphatic carbocycles. The molecule has 1 heterocycles. The molecule has 0 aliphatic heterocycles. The minimum atomic E-state index is -0.430. The lowest BCUT2D eigenvalue weighted by Gasteiger charge is -2.31. The molecule has 0 unspecified atom stereocenters. The van der Waals surface area contributed by atoms with Gasteiger partial charge < -0.3 is 0 Å². The lowest BCUT2D eigenvalue weighted by Crippen LogP contribution is -2.28. The molecule has 56 heavy (non-hydrogen) atoms. The van der Waals surface area contributed by atoms with E-state index in [0.717, 1.165) is 33.6 Å². The van der Waals surface area contributed by atoms with Crippen LogP contribution in [-0.2, 0) is 9.59 Å². The third-order valence-electron chi connectivity index (χ3n) is 9.94. The highest BCUT2D eigenvalue weighted by atomic mass is 16.1. The maximum absolute atomic E-state index is 14.0. The number of rotatable bonds is 6. The molecule has 0 radical (unpaired) electrons. The van der Waals surface area contributed by atoms with Crippen LogP contribution in [0.5, 0.6) is 0 Å². The zero-order valence-corrected chi connectivity index (χ0v) is 35.7. The third-order valence-corrected chi connectivity index (χ3v) is 9.94. The summed E-state index contributed by atoms with van der Waals surface area (Å²) in [5, 5.41) is 19.4. The molecule has 0 amide bonds. The van der Waals surface area contributed by atoms with E-state index in [9.17, 15) is 9.59 Å². The Morgan fingerprint density at radius 1 is 0.446 bits per heavy atom. The Kier molecular flexibility index (Phi) is 11.6. The Bertz CT molecular complexity index is 2100. The van der Waals surface area contributed by atoms with Crippen LogP contribution in [0.15, 0.2) is 145 Å². The summed E-state index contributed by atoms with van der Waals surface area (Å²) in [6.07, 6.45) is 7.77. The zero-order chi connectivity index (χ0) is 41.4. The van der Waals surface area contributed by atoms with Crippen LogP contribution >= 0.6 is 0 Å². The molecule has 5 rings (SSSR count). The van der Waals surface area contributed by atoms with Crippen molar-refractivity contribution in [1.82, 2.24) is 4.98 Å². The van der Waals surface area contributed by atoms with Gasteiger partial charge in [0.05, 0.1) is 22.8 Å². The molecule has 7 heteroatoms. The molecular weight excluding hydrogens is 691 g/mol. The van der Waals surface area contributed by atoms with Gasteiger partial charge in [-0.2, -0.15) is 10.2 Å². The van der Waals surface area contributed by atoms with Crippen LogP contribution in [-0.4, -0.2) is 16.6 Å². The summed E-state index contributed by atoms with van der Waals surface area (Å²) in [5.41, 5.74) is 8.11. The number of pyridine rings is 1. The van der Waals surface area contributed by atoms with Gasteiger partial charge in [0, 0.05) is 33.4 Å². The molecule has 0 spiro atoms. The molecule has 2 aromatic carbocycles. The number of aromatic nitrogens is 1. The fraction of sp³-hybridized carbons (Fsp3) is 0.367. The van der Waals surface area contributed by atoms with Crippen LogP contribution in [0.2, 0.25) is 0 Å². The Hall–Kier alpha value is -5.43. The van der Waals surface area contributed by atoms with Crippen LogP contribution in [0.3, 0.4) is 0 Å². The van der Waals surface area contributed by atoms with E-state index in [1.54, 1.807) is 0 Å². The highest BCUT2D eigenvalue weighted by Gasteiger charge is 2.36. The standard InChI is InChI=1S/C49H57N5O2/c1-30-20-15-17-22-38(30)51-53-42(32-26-34(46(3,4)5)44(55)35(27-32)47(6,7)8)40-24-19-25-41(50-40)43(54-52-39-23-18-16-21-31(39)2)33-28-36(48(9,10)11)45(56)37(29-33)49(12,13)14/h15-29H,1-14H3. The Balaban J connectivity index is 1.87.